The molecular formula is C15H21NO5. The molecule has 1 aliphatic rings. The maximum Gasteiger partial charge on any atom is 0.339 e. The summed E-state index contributed by atoms with van der Waals surface area (Å²) in [5.74, 6) is 0.0434. The number of aryl methyl sites for hydroxylation is 1. The van der Waals surface area contributed by atoms with E-state index in [9.17, 15) is 9.90 Å². The summed E-state index contributed by atoms with van der Waals surface area (Å²) in [6.07, 6.45) is 0. The van der Waals surface area contributed by atoms with Crippen LogP contribution in [0.25, 0.3) is 0 Å². The third-order valence-electron chi connectivity index (χ3n) is 3.66. The van der Waals surface area contributed by atoms with Gasteiger partial charge in [0.05, 0.1) is 33.0 Å². The van der Waals surface area contributed by atoms with Gasteiger partial charge >= 0.3 is 5.97 Å². The Morgan fingerprint density at radius 2 is 2.00 bits per heavy atom. The molecule has 2 rings (SSSR count). The maximum absolute atomic E-state index is 11.5. The summed E-state index contributed by atoms with van der Waals surface area (Å²) in [6, 6.07) is 1.75. The van der Waals surface area contributed by atoms with Gasteiger partial charge < -0.3 is 19.3 Å². The molecule has 1 aromatic rings. The van der Waals surface area contributed by atoms with Crippen LogP contribution in [0.5, 0.6) is 11.5 Å². The SMILES string of the molecule is COc1cc(C)c(C(=O)O)c(OC)c1CN1CCOCC1. The fourth-order valence-corrected chi connectivity index (χ4v) is 2.60. The Bertz CT molecular complexity index is 523. The number of carboxylic acids is 1. The largest absolute Gasteiger partial charge is 0.496 e. The second-order valence-electron chi connectivity index (χ2n) is 4.98. The minimum absolute atomic E-state index is 0.196. The maximum atomic E-state index is 11.5. The summed E-state index contributed by atoms with van der Waals surface area (Å²) in [4.78, 5) is 13.7. The molecule has 21 heavy (non-hydrogen) atoms. The number of aromatic carboxylic acids is 1. The Balaban J connectivity index is 2.45. The minimum Gasteiger partial charge on any atom is -0.496 e. The summed E-state index contributed by atoms with van der Waals surface area (Å²) in [5.41, 5.74) is 1.59. The number of carbonyl (C=O) groups is 1. The minimum atomic E-state index is -0.991. The van der Waals surface area contributed by atoms with Crippen LogP contribution in [-0.4, -0.2) is 56.5 Å². The second kappa shape index (κ2) is 6.78. The lowest BCUT2D eigenvalue weighted by Crippen LogP contribution is -2.36. The molecule has 0 amide bonds. The Morgan fingerprint density at radius 1 is 1.33 bits per heavy atom. The van der Waals surface area contributed by atoms with Crippen molar-refractivity contribution in [3.05, 3.63) is 22.8 Å². The topological polar surface area (TPSA) is 68.2 Å². The predicted octanol–water partition coefficient (Wildman–Crippen LogP) is 1.54. The van der Waals surface area contributed by atoms with Crippen molar-refractivity contribution in [3.8, 4) is 11.5 Å². The van der Waals surface area contributed by atoms with Gasteiger partial charge in [0.25, 0.3) is 0 Å². The van der Waals surface area contributed by atoms with Crippen molar-refractivity contribution < 1.29 is 24.1 Å². The molecule has 0 radical (unpaired) electrons. The van der Waals surface area contributed by atoms with Crippen LogP contribution in [0.2, 0.25) is 0 Å². The van der Waals surface area contributed by atoms with Crippen molar-refractivity contribution in [3.63, 3.8) is 0 Å². The van der Waals surface area contributed by atoms with E-state index in [2.05, 4.69) is 4.90 Å². The van der Waals surface area contributed by atoms with Gasteiger partial charge in [0.15, 0.2) is 0 Å². The summed E-state index contributed by atoms with van der Waals surface area (Å²) in [6.45, 7) is 5.30. The van der Waals surface area contributed by atoms with Gasteiger partial charge in [-0.1, -0.05) is 0 Å². The van der Waals surface area contributed by atoms with Crippen LogP contribution in [0.3, 0.4) is 0 Å². The first-order valence-corrected chi connectivity index (χ1v) is 6.86. The number of methoxy groups -OCH3 is 2. The van der Waals surface area contributed by atoms with E-state index in [1.165, 1.54) is 7.11 Å². The molecule has 1 aromatic carbocycles. The first-order valence-electron chi connectivity index (χ1n) is 6.86. The van der Waals surface area contributed by atoms with E-state index in [-0.39, 0.29) is 5.56 Å². The van der Waals surface area contributed by atoms with E-state index in [0.717, 1.165) is 18.7 Å². The molecule has 1 aliphatic heterocycles. The van der Waals surface area contributed by atoms with Crippen LogP contribution in [-0.2, 0) is 11.3 Å². The predicted molar refractivity (Wildman–Crippen MR) is 77.3 cm³/mol. The molecule has 0 saturated carbocycles. The molecule has 0 spiro atoms. The molecule has 0 unspecified atom stereocenters. The van der Waals surface area contributed by atoms with Gasteiger partial charge in [-0.05, 0) is 18.6 Å². The Morgan fingerprint density at radius 3 is 2.52 bits per heavy atom. The number of carboxylic acid groups (broad SMARTS) is 1. The standard InChI is InChI=1S/C15H21NO5/c1-10-8-12(19-2)11(9-16-4-6-21-7-5-16)14(20-3)13(10)15(17)18/h8H,4-7,9H2,1-3H3,(H,17,18). The highest BCUT2D eigenvalue weighted by Crippen LogP contribution is 2.36. The Hall–Kier alpha value is -1.79. The molecule has 116 valence electrons. The van der Waals surface area contributed by atoms with Crippen LogP contribution >= 0.6 is 0 Å². The van der Waals surface area contributed by atoms with Gasteiger partial charge in [0.2, 0.25) is 0 Å². The van der Waals surface area contributed by atoms with Gasteiger partial charge in [0.1, 0.15) is 17.1 Å². The van der Waals surface area contributed by atoms with Gasteiger partial charge in [-0.15, -0.1) is 0 Å². The summed E-state index contributed by atoms with van der Waals surface area (Å²) >= 11 is 0. The van der Waals surface area contributed by atoms with Gasteiger partial charge in [0, 0.05) is 19.6 Å². The molecule has 6 heteroatoms. The molecule has 0 aliphatic carbocycles. The first-order chi connectivity index (χ1) is 10.1. The zero-order valence-electron chi connectivity index (χ0n) is 12.6. The van der Waals surface area contributed by atoms with Gasteiger partial charge in [-0.25, -0.2) is 4.79 Å². The van der Waals surface area contributed by atoms with Crippen LogP contribution in [0, 0.1) is 6.92 Å². The number of hydrogen-bond acceptors (Lipinski definition) is 5. The van der Waals surface area contributed by atoms with Crippen LogP contribution < -0.4 is 9.47 Å². The van der Waals surface area contributed by atoms with Crippen molar-refractivity contribution in [1.29, 1.82) is 0 Å². The zero-order chi connectivity index (χ0) is 15.4. The summed E-state index contributed by atoms with van der Waals surface area (Å²) in [7, 11) is 3.07. The van der Waals surface area contributed by atoms with E-state index in [1.807, 2.05) is 0 Å². The highest BCUT2D eigenvalue weighted by atomic mass is 16.5. The Kier molecular flexibility index (Phi) is 5.03. The normalized spacial score (nSPS) is 15.8. The molecular weight excluding hydrogens is 274 g/mol. The molecule has 0 bridgehead atoms. The van der Waals surface area contributed by atoms with Gasteiger partial charge in [-0.3, -0.25) is 4.90 Å². The fourth-order valence-electron chi connectivity index (χ4n) is 2.60. The van der Waals surface area contributed by atoms with Crippen molar-refractivity contribution in [2.45, 2.75) is 13.5 Å². The number of rotatable bonds is 5. The lowest BCUT2D eigenvalue weighted by Gasteiger charge is -2.28. The number of nitrogens with zero attached hydrogens (tertiary/aromatic N) is 1. The van der Waals surface area contributed by atoms with Crippen molar-refractivity contribution in [2.75, 3.05) is 40.5 Å². The molecule has 1 fully saturated rings. The van der Waals surface area contributed by atoms with Crippen molar-refractivity contribution >= 4 is 5.97 Å². The van der Waals surface area contributed by atoms with E-state index in [0.29, 0.717) is 36.8 Å². The van der Waals surface area contributed by atoms with Crippen LogP contribution in [0.15, 0.2) is 6.07 Å². The van der Waals surface area contributed by atoms with E-state index < -0.39 is 5.97 Å². The number of hydrogen-bond donors (Lipinski definition) is 1. The molecule has 1 saturated heterocycles. The molecule has 0 aromatic heterocycles. The Labute approximate surface area is 124 Å². The highest BCUT2D eigenvalue weighted by Gasteiger charge is 2.24. The van der Waals surface area contributed by atoms with Gasteiger partial charge in [-0.2, -0.15) is 0 Å². The van der Waals surface area contributed by atoms with Crippen LogP contribution in [0.1, 0.15) is 21.5 Å². The monoisotopic (exact) mass is 295 g/mol. The second-order valence-corrected chi connectivity index (χ2v) is 4.98. The van der Waals surface area contributed by atoms with Crippen molar-refractivity contribution in [1.82, 2.24) is 4.90 Å². The highest BCUT2D eigenvalue weighted by molar-refractivity contribution is 5.93. The lowest BCUT2D eigenvalue weighted by atomic mass is 10.0. The number of benzene rings is 1. The third-order valence-corrected chi connectivity index (χ3v) is 3.66. The van der Waals surface area contributed by atoms with E-state index in [1.54, 1.807) is 20.1 Å². The lowest BCUT2D eigenvalue weighted by molar-refractivity contribution is 0.0335. The average molecular weight is 295 g/mol. The number of morpholine rings is 1. The molecule has 1 heterocycles. The average Bonchev–Trinajstić information content (AvgIpc) is 2.48. The quantitative estimate of drug-likeness (QED) is 0.889. The smallest absolute Gasteiger partial charge is 0.339 e. The zero-order valence-corrected chi connectivity index (χ0v) is 12.6. The fraction of sp³-hybridized carbons (Fsp3) is 0.533. The third kappa shape index (κ3) is 3.28. The molecule has 1 N–H and O–H groups in total. The van der Waals surface area contributed by atoms with Crippen LogP contribution in [0.4, 0.5) is 0 Å². The van der Waals surface area contributed by atoms with Crippen molar-refractivity contribution in [2.24, 2.45) is 0 Å². The summed E-state index contributed by atoms with van der Waals surface area (Å²) < 4.78 is 16.1. The molecule has 0 atom stereocenters. The first kappa shape index (κ1) is 15.6. The van der Waals surface area contributed by atoms with E-state index >= 15 is 0 Å². The molecule has 6 nitrogen and oxygen atoms in total. The number of ether oxygens (including phenoxy) is 3. The van der Waals surface area contributed by atoms with E-state index in [4.69, 9.17) is 14.2 Å². The summed E-state index contributed by atoms with van der Waals surface area (Å²) in [5, 5.41) is 9.42.